The van der Waals surface area contributed by atoms with Gasteiger partial charge in [0.05, 0.1) is 0 Å². The first kappa shape index (κ1) is 17.7. The van der Waals surface area contributed by atoms with Gasteiger partial charge in [-0.1, -0.05) is 12.1 Å². The lowest BCUT2D eigenvalue weighted by Crippen LogP contribution is -2.51. The van der Waals surface area contributed by atoms with Crippen molar-refractivity contribution < 1.29 is 19.2 Å². The van der Waals surface area contributed by atoms with Crippen LogP contribution in [0.4, 0.5) is 5.69 Å². The molecule has 3 amide bonds. The molecule has 0 aromatic heterocycles. The van der Waals surface area contributed by atoms with Gasteiger partial charge in [-0.3, -0.25) is 19.2 Å². The molecule has 1 aromatic carbocycles. The molecular weight excluding hydrogens is 310 g/mol. The number of ketones is 1. The lowest BCUT2D eigenvalue weighted by atomic mass is 10.1. The molecule has 0 unspecified atom stereocenters. The molecule has 0 radical (unpaired) electrons. The molecule has 0 saturated carbocycles. The Bertz CT molecular complexity index is 651. The predicted octanol–water partition coefficient (Wildman–Crippen LogP) is 0.543. The Balaban J connectivity index is 2.10. The van der Waals surface area contributed by atoms with Gasteiger partial charge in [0.1, 0.15) is 6.54 Å². The summed E-state index contributed by atoms with van der Waals surface area (Å²) in [6.45, 7) is 4.66. The Morgan fingerprint density at radius 1 is 1.12 bits per heavy atom. The second kappa shape index (κ2) is 7.72. The minimum atomic E-state index is -0.268. The number of anilines is 1. The second-order valence-corrected chi connectivity index (χ2v) is 5.73. The Hall–Kier alpha value is -2.70. The van der Waals surface area contributed by atoms with Crippen molar-refractivity contribution in [3.63, 3.8) is 0 Å². The molecule has 1 aliphatic rings. The van der Waals surface area contributed by atoms with Crippen molar-refractivity contribution >= 4 is 29.7 Å². The number of carbonyl (C=O) groups is 4. The zero-order valence-corrected chi connectivity index (χ0v) is 13.9. The van der Waals surface area contributed by atoms with Crippen molar-refractivity contribution in [1.82, 2.24) is 9.80 Å². The molecule has 0 bridgehead atoms. The van der Waals surface area contributed by atoms with E-state index in [2.05, 4.69) is 0 Å². The fourth-order valence-electron chi connectivity index (χ4n) is 2.59. The normalized spacial score (nSPS) is 14.2. The molecular formula is C17H21N3O4. The summed E-state index contributed by atoms with van der Waals surface area (Å²) in [6, 6.07) is 6.67. The van der Waals surface area contributed by atoms with Gasteiger partial charge in [-0.2, -0.15) is 0 Å². The number of amides is 3. The lowest BCUT2D eigenvalue weighted by Gasteiger charge is -2.34. The molecule has 1 saturated heterocycles. The summed E-state index contributed by atoms with van der Waals surface area (Å²) >= 11 is 0. The van der Waals surface area contributed by atoms with Crippen LogP contribution in [0.5, 0.6) is 0 Å². The van der Waals surface area contributed by atoms with Crippen LogP contribution < -0.4 is 4.90 Å². The van der Waals surface area contributed by atoms with E-state index in [4.69, 9.17) is 0 Å². The largest absolute Gasteiger partial charge is 0.342 e. The highest BCUT2D eigenvalue weighted by Gasteiger charge is 2.24. The molecule has 7 nitrogen and oxygen atoms in total. The first-order valence-corrected chi connectivity index (χ1v) is 7.78. The van der Waals surface area contributed by atoms with Gasteiger partial charge in [-0.25, -0.2) is 0 Å². The molecule has 1 fully saturated rings. The Morgan fingerprint density at radius 2 is 1.79 bits per heavy atom. The van der Waals surface area contributed by atoms with Gasteiger partial charge in [-0.15, -0.1) is 0 Å². The van der Waals surface area contributed by atoms with E-state index in [0.29, 0.717) is 37.4 Å². The summed E-state index contributed by atoms with van der Waals surface area (Å²) in [7, 11) is 0. The standard InChI is InChI=1S/C17H21N3O4/c1-13(22)15-4-3-5-16(10-15)20(14(2)23)11-17(24)19-8-6-18(12-21)7-9-19/h3-5,10,12H,6-9,11H2,1-2H3. The third-order valence-electron chi connectivity index (χ3n) is 4.05. The van der Waals surface area contributed by atoms with Crippen molar-refractivity contribution in [1.29, 1.82) is 0 Å². The second-order valence-electron chi connectivity index (χ2n) is 5.73. The first-order chi connectivity index (χ1) is 11.4. The highest BCUT2D eigenvalue weighted by atomic mass is 16.2. The van der Waals surface area contributed by atoms with Crippen LogP contribution in [0.25, 0.3) is 0 Å². The fraction of sp³-hybridized carbons (Fsp3) is 0.412. The number of carbonyl (C=O) groups excluding carboxylic acids is 4. The molecule has 1 heterocycles. The Morgan fingerprint density at radius 3 is 2.33 bits per heavy atom. The van der Waals surface area contributed by atoms with Gasteiger partial charge in [0.2, 0.25) is 18.2 Å². The van der Waals surface area contributed by atoms with E-state index in [0.717, 1.165) is 6.41 Å². The summed E-state index contributed by atoms with van der Waals surface area (Å²) in [4.78, 5) is 51.3. The third-order valence-corrected chi connectivity index (χ3v) is 4.05. The maximum Gasteiger partial charge on any atom is 0.242 e. The SMILES string of the molecule is CC(=O)c1cccc(N(CC(=O)N2CCN(C=O)CC2)C(C)=O)c1. The number of Topliss-reactive ketones (excluding diaryl/α,β-unsaturated/α-hetero) is 1. The molecule has 128 valence electrons. The van der Waals surface area contributed by atoms with E-state index in [-0.39, 0.29) is 24.1 Å². The topological polar surface area (TPSA) is 78.0 Å². The maximum absolute atomic E-state index is 12.5. The highest BCUT2D eigenvalue weighted by molar-refractivity contribution is 6.00. The van der Waals surface area contributed by atoms with Crippen LogP contribution in [0, 0.1) is 0 Å². The first-order valence-electron chi connectivity index (χ1n) is 7.78. The van der Waals surface area contributed by atoms with E-state index < -0.39 is 0 Å². The number of nitrogens with zero attached hydrogens (tertiary/aromatic N) is 3. The summed E-state index contributed by atoms with van der Waals surface area (Å²) < 4.78 is 0. The van der Waals surface area contributed by atoms with Crippen molar-refractivity contribution in [3.8, 4) is 0 Å². The smallest absolute Gasteiger partial charge is 0.242 e. The van der Waals surface area contributed by atoms with E-state index >= 15 is 0 Å². The number of benzene rings is 1. The maximum atomic E-state index is 12.5. The van der Waals surface area contributed by atoms with Crippen LogP contribution in [0.15, 0.2) is 24.3 Å². The molecule has 0 N–H and O–H groups in total. The average molecular weight is 331 g/mol. The van der Waals surface area contributed by atoms with Gasteiger partial charge >= 0.3 is 0 Å². The summed E-state index contributed by atoms with van der Waals surface area (Å²) in [6.07, 6.45) is 0.775. The van der Waals surface area contributed by atoms with Crippen molar-refractivity contribution in [2.45, 2.75) is 13.8 Å². The van der Waals surface area contributed by atoms with Gasteiger partial charge in [-0.05, 0) is 19.1 Å². The average Bonchev–Trinajstić information content (AvgIpc) is 2.59. The van der Waals surface area contributed by atoms with E-state index in [9.17, 15) is 19.2 Å². The van der Waals surface area contributed by atoms with Gasteiger partial charge in [0.15, 0.2) is 5.78 Å². The molecule has 0 aliphatic carbocycles. The van der Waals surface area contributed by atoms with E-state index in [1.165, 1.54) is 18.7 Å². The fourth-order valence-corrected chi connectivity index (χ4v) is 2.59. The molecule has 0 spiro atoms. The minimum Gasteiger partial charge on any atom is -0.342 e. The molecule has 24 heavy (non-hydrogen) atoms. The van der Waals surface area contributed by atoms with Crippen LogP contribution in [-0.4, -0.2) is 66.5 Å². The zero-order valence-electron chi connectivity index (χ0n) is 13.9. The van der Waals surface area contributed by atoms with Crippen molar-refractivity contribution in [3.05, 3.63) is 29.8 Å². The summed E-state index contributed by atoms with van der Waals surface area (Å²) in [5, 5.41) is 0. The molecule has 1 aliphatic heterocycles. The third kappa shape index (κ3) is 4.18. The van der Waals surface area contributed by atoms with Gasteiger partial charge in [0.25, 0.3) is 0 Å². The highest BCUT2D eigenvalue weighted by Crippen LogP contribution is 2.17. The van der Waals surface area contributed by atoms with Crippen LogP contribution in [0.2, 0.25) is 0 Å². The lowest BCUT2D eigenvalue weighted by molar-refractivity contribution is -0.134. The minimum absolute atomic E-state index is 0.0855. The molecule has 0 atom stereocenters. The predicted molar refractivity (Wildman–Crippen MR) is 88.7 cm³/mol. The molecule has 7 heteroatoms. The van der Waals surface area contributed by atoms with Crippen molar-refractivity contribution in [2.75, 3.05) is 37.6 Å². The number of piperazine rings is 1. The van der Waals surface area contributed by atoms with E-state index in [1.807, 2.05) is 0 Å². The Labute approximate surface area is 140 Å². The van der Waals surface area contributed by atoms with E-state index in [1.54, 1.807) is 34.1 Å². The van der Waals surface area contributed by atoms with Crippen molar-refractivity contribution in [2.24, 2.45) is 0 Å². The van der Waals surface area contributed by atoms with Crippen LogP contribution in [-0.2, 0) is 14.4 Å². The monoisotopic (exact) mass is 331 g/mol. The molecule has 1 aromatic rings. The van der Waals surface area contributed by atoms with Gasteiger partial charge in [0, 0.05) is 44.4 Å². The number of rotatable bonds is 5. The van der Waals surface area contributed by atoms with Crippen LogP contribution >= 0.6 is 0 Å². The van der Waals surface area contributed by atoms with Gasteiger partial charge < -0.3 is 14.7 Å². The number of hydrogen-bond acceptors (Lipinski definition) is 4. The Kier molecular flexibility index (Phi) is 5.68. The number of hydrogen-bond donors (Lipinski definition) is 0. The summed E-state index contributed by atoms with van der Waals surface area (Å²) in [5.41, 5.74) is 1.01. The summed E-state index contributed by atoms with van der Waals surface area (Å²) in [5.74, 6) is -0.545. The quantitative estimate of drug-likeness (QED) is 0.583. The molecule has 2 rings (SSSR count). The zero-order chi connectivity index (χ0) is 17.7. The van der Waals surface area contributed by atoms with Crippen LogP contribution in [0.1, 0.15) is 24.2 Å². The van der Waals surface area contributed by atoms with Crippen LogP contribution in [0.3, 0.4) is 0 Å².